The molecule has 0 saturated heterocycles. The monoisotopic (exact) mass is 201 g/mol. The number of para-hydroxylation sites is 1. The molecule has 3 unspecified atom stereocenters. The van der Waals surface area contributed by atoms with Crippen molar-refractivity contribution in [2.45, 2.75) is 25.3 Å². The smallest absolute Gasteiger partial charge is 0.134 e. The Morgan fingerprint density at radius 2 is 2.20 bits per heavy atom. The normalized spacial score (nSPS) is 26.8. The predicted octanol–water partition coefficient (Wildman–Crippen LogP) is 2.88. The quantitative estimate of drug-likeness (QED) is 0.811. The van der Waals surface area contributed by atoms with Crippen molar-refractivity contribution in [1.82, 2.24) is 0 Å². The third-order valence-electron chi connectivity index (χ3n) is 3.43. The van der Waals surface area contributed by atoms with Gasteiger partial charge in [-0.25, -0.2) is 0 Å². The van der Waals surface area contributed by atoms with Gasteiger partial charge >= 0.3 is 0 Å². The summed E-state index contributed by atoms with van der Waals surface area (Å²) in [5.74, 6) is 1.26. The highest BCUT2D eigenvalue weighted by molar-refractivity contribution is 5.81. The topological polar surface area (TPSA) is 39.2 Å². The molecule has 1 aromatic heterocycles. The Morgan fingerprint density at radius 1 is 1.40 bits per heavy atom. The molecule has 0 spiro atoms. The van der Waals surface area contributed by atoms with Crippen molar-refractivity contribution >= 4 is 11.0 Å². The zero-order chi connectivity index (χ0) is 10.4. The van der Waals surface area contributed by atoms with Crippen molar-refractivity contribution in [2.24, 2.45) is 11.7 Å². The van der Waals surface area contributed by atoms with E-state index < -0.39 is 0 Å². The summed E-state index contributed by atoms with van der Waals surface area (Å²) in [6.45, 7) is 2.09. The molecule has 2 aromatic rings. The number of fused-ring (bicyclic) bond motifs is 1. The average Bonchev–Trinajstić information content (AvgIpc) is 2.92. The fourth-order valence-electron chi connectivity index (χ4n) is 2.44. The molecule has 3 atom stereocenters. The van der Waals surface area contributed by atoms with Crippen LogP contribution in [0.15, 0.2) is 34.9 Å². The first kappa shape index (κ1) is 8.98. The van der Waals surface area contributed by atoms with Gasteiger partial charge in [-0.2, -0.15) is 0 Å². The van der Waals surface area contributed by atoms with E-state index in [1.807, 2.05) is 18.4 Å². The van der Waals surface area contributed by atoms with Gasteiger partial charge in [0.1, 0.15) is 5.58 Å². The summed E-state index contributed by atoms with van der Waals surface area (Å²) in [6, 6.07) is 8.51. The minimum atomic E-state index is 0.295. The molecular formula is C13H15NO. The van der Waals surface area contributed by atoms with E-state index in [1.54, 1.807) is 0 Å². The molecule has 78 valence electrons. The number of benzene rings is 1. The Morgan fingerprint density at radius 3 is 2.93 bits per heavy atom. The summed E-state index contributed by atoms with van der Waals surface area (Å²) in [4.78, 5) is 0. The third kappa shape index (κ3) is 1.37. The number of rotatable bonds is 2. The Bertz CT molecular complexity index is 486. The van der Waals surface area contributed by atoms with Crippen LogP contribution in [-0.4, -0.2) is 6.04 Å². The van der Waals surface area contributed by atoms with E-state index in [0.717, 1.165) is 5.58 Å². The largest absolute Gasteiger partial charge is 0.464 e. The summed E-state index contributed by atoms with van der Waals surface area (Å²) in [5, 5.41) is 1.26. The highest BCUT2D eigenvalue weighted by Gasteiger charge is 2.42. The van der Waals surface area contributed by atoms with Gasteiger partial charge in [0.05, 0.1) is 6.26 Å². The number of furan rings is 1. The van der Waals surface area contributed by atoms with Gasteiger partial charge in [0.25, 0.3) is 0 Å². The van der Waals surface area contributed by atoms with Crippen molar-refractivity contribution < 1.29 is 4.42 Å². The van der Waals surface area contributed by atoms with Crippen molar-refractivity contribution in [3.8, 4) is 0 Å². The van der Waals surface area contributed by atoms with Gasteiger partial charge < -0.3 is 10.2 Å². The van der Waals surface area contributed by atoms with E-state index in [4.69, 9.17) is 10.2 Å². The molecule has 2 heteroatoms. The van der Waals surface area contributed by atoms with Gasteiger partial charge in [-0.1, -0.05) is 18.2 Å². The Balaban J connectivity index is 2.00. The Kier molecular flexibility index (Phi) is 1.86. The molecule has 1 aliphatic carbocycles. The average molecular weight is 201 g/mol. The molecule has 1 aliphatic rings. The molecule has 3 rings (SSSR count). The van der Waals surface area contributed by atoms with Crippen molar-refractivity contribution in [2.75, 3.05) is 0 Å². The lowest BCUT2D eigenvalue weighted by Crippen LogP contribution is -2.17. The summed E-state index contributed by atoms with van der Waals surface area (Å²) < 4.78 is 5.54. The molecule has 1 saturated carbocycles. The Hall–Kier alpha value is -1.28. The van der Waals surface area contributed by atoms with Crippen LogP contribution < -0.4 is 5.73 Å². The van der Waals surface area contributed by atoms with Crippen LogP contribution in [0.2, 0.25) is 0 Å². The highest BCUT2D eigenvalue weighted by atomic mass is 16.3. The van der Waals surface area contributed by atoms with E-state index in [2.05, 4.69) is 19.1 Å². The van der Waals surface area contributed by atoms with Gasteiger partial charge in [0.15, 0.2) is 0 Å². The summed E-state index contributed by atoms with van der Waals surface area (Å²) in [6.07, 6.45) is 3.11. The van der Waals surface area contributed by atoms with Crippen LogP contribution >= 0.6 is 0 Å². The van der Waals surface area contributed by atoms with Crippen LogP contribution in [-0.2, 0) is 0 Å². The maximum absolute atomic E-state index is 5.91. The SMILES string of the molecule is CC(N)C1CC1c1coc2ccccc12. The van der Waals surface area contributed by atoms with Crippen LogP contribution in [0.1, 0.15) is 24.8 Å². The predicted molar refractivity (Wildman–Crippen MR) is 60.7 cm³/mol. The highest BCUT2D eigenvalue weighted by Crippen LogP contribution is 2.51. The molecule has 0 bridgehead atoms. The lowest BCUT2D eigenvalue weighted by molar-refractivity contribution is 0.601. The molecule has 1 heterocycles. The molecule has 0 aliphatic heterocycles. The second-order valence-electron chi connectivity index (χ2n) is 4.55. The first-order valence-corrected chi connectivity index (χ1v) is 5.49. The van der Waals surface area contributed by atoms with E-state index in [-0.39, 0.29) is 0 Å². The van der Waals surface area contributed by atoms with Gasteiger partial charge in [0, 0.05) is 17.0 Å². The fraction of sp³-hybridized carbons (Fsp3) is 0.385. The molecule has 15 heavy (non-hydrogen) atoms. The van der Waals surface area contributed by atoms with Gasteiger partial charge in [-0.15, -0.1) is 0 Å². The van der Waals surface area contributed by atoms with Gasteiger partial charge in [-0.3, -0.25) is 0 Å². The molecular weight excluding hydrogens is 186 g/mol. The van der Waals surface area contributed by atoms with Crippen molar-refractivity contribution in [3.63, 3.8) is 0 Å². The van der Waals surface area contributed by atoms with E-state index in [1.165, 1.54) is 17.4 Å². The van der Waals surface area contributed by atoms with Crippen LogP contribution in [0.25, 0.3) is 11.0 Å². The summed E-state index contributed by atoms with van der Waals surface area (Å²) >= 11 is 0. The standard InChI is InChI=1S/C13H15NO/c1-8(14)10-6-11(10)12-7-15-13-5-3-2-4-9(12)13/h2-5,7-8,10-11H,6,14H2,1H3. The van der Waals surface area contributed by atoms with Gasteiger partial charge in [-0.05, 0) is 31.2 Å². The maximum atomic E-state index is 5.91. The van der Waals surface area contributed by atoms with E-state index in [9.17, 15) is 0 Å². The second-order valence-corrected chi connectivity index (χ2v) is 4.55. The van der Waals surface area contributed by atoms with E-state index in [0.29, 0.717) is 17.9 Å². The first-order chi connectivity index (χ1) is 7.27. The second kappa shape index (κ2) is 3.11. The minimum Gasteiger partial charge on any atom is -0.464 e. The molecule has 0 amide bonds. The molecule has 2 N–H and O–H groups in total. The van der Waals surface area contributed by atoms with Crippen LogP contribution in [0.4, 0.5) is 0 Å². The van der Waals surface area contributed by atoms with E-state index >= 15 is 0 Å². The van der Waals surface area contributed by atoms with Crippen molar-refractivity contribution in [1.29, 1.82) is 0 Å². The number of hydrogen-bond donors (Lipinski definition) is 1. The van der Waals surface area contributed by atoms with Crippen LogP contribution in [0, 0.1) is 5.92 Å². The first-order valence-electron chi connectivity index (χ1n) is 5.49. The zero-order valence-corrected chi connectivity index (χ0v) is 8.81. The zero-order valence-electron chi connectivity index (χ0n) is 8.81. The number of hydrogen-bond acceptors (Lipinski definition) is 2. The van der Waals surface area contributed by atoms with Crippen molar-refractivity contribution in [3.05, 3.63) is 36.1 Å². The maximum Gasteiger partial charge on any atom is 0.134 e. The molecule has 2 nitrogen and oxygen atoms in total. The fourth-order valence-corrected chi connectivity index (χ4v) is 2.44. The van der Waals surface area contributed by atoms with Crippen LogP contribution in [0.3, 0.4) is 0 Å². The summed E-state index contributed by atoms with van der Waals surface area (Å²) in [5.41, 5.74) is 8.24. The molecule has 0 radical (unpaired) electrons. The number of nitrogens with two attached hydrogens (primary N) is 1. The van der Waals surface area contributed by atoms with Crippen LogP contribution in [0.5, 0.6) is 0 Å². The lowest BCUT2D eigenvalue weighted by Gasteiger charge is -2.01. The molecule has 1 fully saturated rings. The lowest BCUT2D eigenvalue weighted by atomic mass is 10.1. The minimum absolute atomic E-state index is 0.295. The third-order valence-corrected chi connectivity index (χ3v) is 3.43. The Labute approximate surface area is 89.1 Å². The van der Waals surface area contributed by atoms with Gasteiger partial charge in [0.2, 0.25) is 0 Å². The molecule has 1 aromatic carbocycles. The summed E-state index contributed by atoms with van der Waals surface area (Å²) in [7, 11) is 0.